The maximum absolute atomic E-state index is 13.1. The van der Waals surface area contributed by atoms with Gasteiger partial charge in [0, 0.05) is 28.0 Å². The normalized spacial score (nSPS) is 15.9. The van der Waals surface area contributed by atoms with E-state index in [-0.39, 0.29) is 12.1 Å². The van der Waals surface area contributed by atoms with E-state index in [2.05, 4.69) is 10.3 Å². The van der Waals surface area contributed by atoms with Gasteiger partial charge in [-0.25, -0.2) is 4.98 Å². The summed E-state index contributed by atoms with van der Waals surface area (Å²) < 4.78 is 0. The van der Waals surface area contributed by atoms with Crippen molar-refractivity contribution in [1.82, 2.24) is 4.98 Å². The Morgan fingerprint density at radius 1 is 1.08 bits per heavy atom. The number of fused-ring (bicyclic) bond motifs is 1. The summed E-state index contributed by atoms with van der Waals surface area (Å²) >= 11 is 6.27. The summed E-state index contributed by atoms with van der Waals surface area (Å²) in [6.07, 6.45) is 1.38. The molecule has 0 radical (unpaired) electrons. The largest absolute Gasteiger partial charge is 0.361 e. The van der Waals surface area contributed by atoms with E-state index < -0.39 is 0 Å². The molecule has 5 heteroatoms. The van der Waals surface area contributed by atoms with E-state index in [1.54, 1.807) is 11.1 Å². The highest BCUT2D eigenvalue weighted by Gasteiger charge is 2.38. The minimum absolute atomic E-state index is 0.0607. The van der Waals surface area contributed by atoms with Crippen LogP contribution < -0.4 is 10.2 Å². The first-order valence-electron chi connectivity index (χ1n) is 8.42. The monoisotopic (exact) mass is 363 g/mol. The predicted octanol–water partition coefficient (Wildman–Crippen LogP) is 5.12. The molecule has 1 aliphatic rings. The van der Waals surface area contributed by atoms with Crippen LogP contribution in [0.4, 0.5) is 11.5 Å². The van der Waals surface area contributed by atoms with Gasteiger partial charge in [0.1, 0.15) is 12.0 Å². The molecule has 1 amide bonds. The van der Waals surface area contributed by atoms with Gasteiger partial charge in [-0.05, 0) is 55.3 Å². The quantitative estimate of drug-likeness (QED) is 0.702. The molecule has 1 aromatic heterocycles. The van der Waals surface area contributed by atoms with Crippen molar-refractivity contribution in [2.24, 2.45) is 0 Å². The summed E-state index contributed by atoms with van der Waals surface area (Å²) in [5.74, 6) is 0.566. The second kappa shape index (κ2) is 6.46. The van der Waals surface area contributed by atoms with Gasteiger partial charge in [-0.15, -0.1) is 0 Å². The van der Waals surface area contributed by atoms with Gasteiger partial charge in [-0.2, -0.15) is 0 Å². The Morgan fingerprint density at radius 2 is 1.88 bits per heavy atom. The van der Waals surface area contributed by atoms with Crippen molar-refractivity contribution < 1.29 is 4.79 Å². The molecule has 0 bridgehead atoms. The van der Waals surface area contributed by atoms with Crippen LogP contribution in [0, 0.1) is 13.8 Å². The molecule has 1 N–H and O–H groups in total. The van der Waals surface area contributed by atoms with Crippen LogP contribution in [-0.2, 0) is 0 Å². The molecule has 1 atom stereocenters. The number of benzene rings is 2. The molecule has 0 saturated carbocycles. The average Bonchev–Trinajstić information content (AvgIpc) is 2.91. The maximum Gasteiger partial charge on any atom is 0.261 e. The molecular formula is C21H18ClN3O. The van der Waals surface area contributed by atoms with Crippen molar-refractivity contribution in [2.45, 2.75) is 20.0 Å². The van der Waals surface area contributed by atoms with Gasteiger partial charge < -0.3 is 5.32 Å². The van der Waals surface area contributed by atoms with Crippen LogP contribution in [0.2, 0.25) is 5.02 Å². The summed E-state index contributed by atoms with van der Waals surface area (Å²) in [6.45, 7) is 3.95. The molecule has 0 spiro atoms. The number of anilines is 2. The smallest absolute Gasteiger partial charge is 0.261 e. The molecule has 1 aliphatic heterocycles. The van der Waals surface area contributed by atoms with Crippen molar-refractivity contribution in [3.8, 4) is 0 Å². The molecule has 2 heterocycles. The number of carbonyl (C=O) groups is 1. The van der Waals surface area contributed by atoms with E-state index >= 15 is 0 Å². The zero-order valence-corrected chi connectivity index (χ0v) is 15.3. The molecule has 3 aromatic rings. The molecule has 26 heavy (non-hydrogen) atoms. The third kappa shape index (κ3) is 2.82. The number of hydrogen-bond acceptors (Lipinski definition) is 3. The second-order valence-electron chi connectivity index (χ2n) is 6.46. The lowest BCUT2D eigenvalue weighted by Gasteiger charge is -2.26. The fraction of sp³-hybridized carbons (Fsp3) is 0.143. The highest BCUT2D eigenvalue weighted by Crippen LogP contribution is 2.37. The van der Waals surface area contributed by atoms with Gasteiger partial charge in [0.25, 0.3) is 5.91 Å². The van der Waals surface area contributed by atoms with E-state index in [1.165, 1.54) is 0 Å². The second-order valence-corrected chi connectivity index (χ2v) is 6.87. The highest BCUT2D eigenvalue weighted by molar-refractivity contribution is 6.31. The zero-order valence-electron chi connectivity index (χ0n) is 14.5. The summed E-state index contributed by atoms with van der Waals surface area (Å²) in [7, 11) is 0. The number of hydrogen-bond donors (Lipinski definition) is 1. The Balaban J connectivity index is 1.79. The Morgan fingerprint density at radius 3 is 2.65 bits per heavy atom. The van der Waals surface area contributed by atoms with Gasteiger partial charge in [-0.1, -0.05) is 35.9 Å². The molecule has 0 unspecified atom stereocenters. The van der Waals surface area contributed by atoms with Crippen molar-refractivity contribution in [2.75, 3.05) is 10.2 Å². The van der Waals surface area contributed by atoms with Gasteiger partial charge >= 0.3 is 0 Å². The summed E-state index contributed by atoms with van der Waals surface area (Å²) in [5, 5.41) is 4.13. The molecule has 2 aromatic carbocycles. The molecular weight excluding hydrogens is 346 g/mol. The van der Waals surface area contributed by atoms with E-state index in [4.69, 9.17) is 11.6 Å². The zero-order chi connectivity index (χ0) is 18.3. The van der Waals surface area contributed by atoms with Gasteiger partial charge in [-0.3, -0.25) is 9.69 Å². The van der Waals surface area contributed by atoms with E-state index in [0.717, 1.165) is 22.4 Å². The van der Waals surface area contributed by atoms with Crippen molar-refractivity contribution in [3.05, 3.63) is 88.1 Å². The van der Waals surface area contributed by atoms with Crippen molar-refractivity contribution in [3.63, 3.8) is 0 Å². The fourth-order valence-corrected chi connectivity index (χ4v) is 3.37. The van der Waals surface area contributed by atoms with Crippen molar-refractivity contribution >= 4 is 29.0 Å². The highest BCUT2D eigenvalue weighted by atomic mass is 35.5. The molecule has 0 saturated heterocycles. The Hall–Kier alpha value is -2.85. The van der Waals surface area contributed by atoms with Gasteiger partial charge in [0.05, 0.1) is 0 Å². The number of nitrogens with zero attached hydrogens (tertiary/aromatic N) is 2. The molecule has 4 rings (SSSR count). The van der Waals surface area contributed by atoms with Crippen LogP contribution in [0.5, 0.6) is 0 Å². The number of aromatic nitrogens is 1. The van der Waals surface area contributed by atoms with Crippen molar-refractivity contribution in [1.29, 1.82) is 0 Å². The number of amides is 1. The molecule has 4 nitrogen and oxygen atoms in total. The minimum atomic E-state index is -0.341. The number of rotatable bonds is 3. The van der Waals surface area contributed by atoms with Crippen LogP contribution in [0.3, 0.4) is 0 Å². The summed E-state index contributed by atoms with van der Waals surface area (Å²) in [5.41, 5.74) is 4.53. The Labute approximate surface area is 157 Å². The third-order valence-electron chi connectivity index (χ3n) is 4.59. The number of aryl methyl sites for hydroxylation is 2. The average molecular weight is 364 g/mol. The van der Waals surface area contributed by atoms with Crippen LogP contribution >= 0.6 is 11.6 Å². The predicted molar refractivity (Wildman–Crippen MR) is 105 cm³/mol. The topological polar surface area (TPSA) is 45.2 Å². The standard InChI is InChI=1S/C21H18ClN3O/c1-13-9-10-23-19(11-13)25-20(16-5-3-4-6-17(16)21(25)26)24-15-8-7-14(2)18(22)12-15/h3-12,20,24H,1-2H3/t20-/m0/s1. The van der Waals surface area contributed by atoms with Crippen LogP contribution in [-0.4, -0.2) is 10.9 Å². The number of nitrogens with one attached hydrogen (secondary N) is 1. The van der Waals surface area contributed by atoms with Gasteiger partial charge in [0.2, 0.25) is 0 Å². The molecule has 130 valence electrons. The van der Waals surface area contributed by atoms with Crippen LogP contribution in [0.15, 0.2) is 60.8 Å². The number of pyridine rings is 1. The first-order chi connectivity index (χ1) is 12.5. The molecule has 0 fully saturated rings. The fourth-order valence-electron chi connectivity index (χ4n) is 3.19. The lowest BCUT2D eigenvalue weighted by atomic mass is 10.1. The first kappa shape index (κ1) is 16.6. The summed E-state index contributed by atoms with van der Waals surface area (Å²) in [6, 6.07) is 17.3. The first-order valence-corrected chi connectivity index (χ1v) is 8.80. The lowest BCUT2D eigenvalue weighted by molar-refractivity contribution is 0.0992. The summed E-state index contributed by atoms with van der Waals surface area (Å²) in [4.78, 5) is 19.2. The SMILES string of the molecule is Cc1ccnc(N2C(=O)c3ccccc3[C@H]2Nc2ccc(C)c(Cl)c2)c1. The van der Waals surface area contributed by atoms with Crippen LogP contribution in [0.1, 0.15) is 33.2 Å². The lowest BCUT2D eigenvalue weighted by Crippen LogP contribution is -2.33. The minimum Gasteiger partial charge on any atom is -0.361 e. The maximum atomic E-state index is 13.1. The number of halogens is 1. The Bertz CT molecular complexity index is 1000. The third-order valence-corrected chi connectivity index (χ3v) is 4.99. The van der Waals surface area contributed by atoms with E-state index in [1.807, 2.05) is 68.4 Å². The molecule has 0 aliphatic carbocycles. The van der Waals surface area contributed by atoms with E-state index in [0.29, 0.717) is 16.4 Å². The van der Waals surface area contributed by atoms with Gasteiger partial charge in [0.15, 0.2) is 0 Å². The number of carbonyl (C=O) groups excluding carboxylic acids is 1. The van der Waals surface area contributed by atoms with Crippen LogP contribution in [0.25, 0.3) is 0 Å². The Kier molecular flexibility index (Phi) is 4.13. The van der Waals surface area contributed by atoms with E-state index in [9.17, 15) is 4.79 Å².